The number of aliphatic imine (C=N–C) groups is 1. The molecule has 1 atom stereocenters. The number of ether oxygens (including phenoxy) is 2. The van der Waals surface area contributed by atoms with E-state index in [1.807, 2.05) is 24.3 Å². The minimum atomic E-state index is 0. The second-order valence-electron chi connectivity index (χ2n) is 5.81. The fraction of sp³-hybridized carbons (Fsp3) is 0.350. The van der Waals surface area contributed by atoms with Crippen LogP contribution in [-0.4, -0.2) is 33.8 Å². The highest BCUT2D eigenvalue weighted by molar-refractivity contribution is 14.0. The van der Waals surface area contributed by atoms with E-state index >= 15 is 0 Å². The SMILES string of the molecule is CN=C(NCc1ccc(OC)c(OC)c1)NCC(C)c1ccccc1.I. The molecule has 2 N–H and O–H groups in total. The first-order valence-corrected chi connectivity index (χ1v) is 8.38. The van der Waals surface area contributed by atoms with Crippen molar-refractivity contribution in [1.29, 1.82) is 0 Å². The molecule has 2 aromatic rings. The number of benzene rings is 2. The molecule has 0 saturated carbocycles. The maximum absolute atomic E-state index is 5.34. The average molecular weight is 469 g/mol. The van der Waals surface area contributed by atoms with Crippen LogP contribution >= 0.6 is 24.0 Å². The minimum absolute atomic E-state index is 0. The Morgan fingerprint density at radius 1 is 1.00 bits per heavy atom. The van der Waals surface area contributed by atoms with E-state index in [1.165, 1.54) is 5.56 Å². The highest BCUT2D eigenvalue weighted by atomic mass is 127. The first-order valence-electron chi connectivity index (χ1n) is 8.38. The van der Waals surface area contributed by atoms with E-state index in [4.69, 9.17) is 9.47 Å². The van der Waals surface area contributed by atoms with Crippen molar-refractivity contribution < 1.29 is 9.47 Å². The van der Waals surface area contributed by atoms with Crippen LogP contribution in [0.15, 0.2) is 53.5 Å². The molecule has 0 aliphatic heterocycles. The van der Waals surface area contributed by atoms with Crippen molar-refractivity contribution in [2.45, 2.75) is 19.4 Å². The van der Waals surface area contributed by atoms with E-state index in [0.29, 0.717) is 12.5 Å². The third-order valence-electron chi connectivity index (χ3n) is 4.08. The molecule has 142 valence electrons. The van der Waals surface area contributed by atoms with Gasteiger partial charge >= 0.3 is 0 Å². The lowest BCUT2D eigenvalue weighted by molar-refractivity contribution is 0.354. The molecule has 0 spiro atoms. The molecule has 2 rings (SSSR count). The quantitative estimate of drug-likeness (QED) is 0.368. The summed E-state index contributed by atoms with van der Waals surface area (Å²) in [7, 11) is 5.05. The second-order valence-corrected chi connectivity index (χ2v) is 5.81. The summed E-state index contributed by atoms with van der Waals surface area (Å²) < 4.78 is 10.6. The van der Waals surface area contributed by atoms with Crippen molar-refractivity contribution in [2.75, 3.05) is 27.8 Å². The summed E-state index contributed by atoms with van der Waals surface area (Å²) in [5.41, 5.74) is 2.40. The smallest absolute Gasteiger partial charge is 0.191 e. The number of nitrogens with one attached hydrogen (secondary N) is 2. The summed E-state index contributed by atoms with van der Waals surface area (Å²) in [6.07, 6.45) is 0. The maximum atomic E-state index is 5.34. The number of hydrogen-bond acceptors (Lipinski definition) is 3. The standard InChI is InChI=1S/C20H27N3O2.HI/c1-15(17-8-6-5-7-9-17)13-22-20(21-2)23-14-16-10-11-18(24-3)19(12-16)25-4;/h5-12,15H,13-14H2,1-4H3,(H2,21,22,23);1H. The van der Waals surface area contributed by atoms with Crippen LogP contribution in [0.25, 0.3) is 0 Å². The molecule has 26 heavy (non-hydrogen) atoms. The molecule has 0 saturated heterocycles. The van der Waals surface area contributed by atoms with Gasteiger partial charge in [0.1, 0.15) is 0 Å². The Bertz CT molecular complexity index is 693. The Hall–Kier alpha value is -1.96. The van der Waals surface area contributed by atoms with Gasteiger partial charge in [0, 0.05) is 20.1 Å². The summed E-state index contributed by atoms with van der Waals surface area (Å²) in [4.78, 5) is 4.28. The van der Waals surface area contributed by atoms with Gasteiger partial charge in [-0.2, -0.15) is 0 Å². The van der Waals surface area contributed by atoms with Crippen LogP contribution in [-0.2, 0) is 6.54 Å². The van der Waals surface area contributed by atoms with Crippen molar-refractivity contribution in [1.82, 2.24) is 10.6 Å². The zero-order valence-electron chi connectivity index (χ0n) is 15.8. The van der Waals surface area contributed by atoms with Crippen molar-refractivity contribution in [2.24, 2.45) is 4.99 Å². The highest BCUT2D eigenvalue weighted by Gasteiger charge is 2.07. The number of halogens is 1. The zero-order chi connectivity index (χ0) is 18.1. The number of rotatable bonds is 7. The highest BCUT2D eigenvalue weighted by Crippen LogP contribution is 2.27. The first-order chi connectivity index (χ1) is 12.2. The van der Waals surface area contributed by atoms with Crippen LogP contribution in [0.3, 0.4) is 0 Å². The molecular formula is C20H28IN3O2. The van der Waals surface area contributed by atoms with Gasteiger partial charge in [-0.3, -0.25) is 4.99 Å². The van der Waals surface area contributed by atoms with Crippen molar-refractivity contribution in [3.63, 3.8) is 0 Å². The average Bonchev–Trinajstić information content (AvgIpc) is 2.68. The van der Waals surface area contributed by atoms with Crippen LogP contribution in [0.1, 0.15) is 24.0 Å². The predicted octanol–water partition coefficient (Wildman–Crippen LogP) is 3.79. The van der Waals surface area contributed by atoms with Gasteiger partial charge in [0.25, 0.3) is 0 Å². The van der Waals surface area contributed by atoms with Crippen LogP contribution < -0.4 is 20.1 Å². The molecular weight excluding hydrogens is 441 g/mol. The van der Waals surface area contributed by atoms with Crippen LogP contribution in [0, 0.1) is 0 Å². The van der Waals surface area contributed by atoms with Gasteiger partial charge in [0.15, 0.2) is 17.5 Å². The lowest BCUT2D eigenvalue weighted by Crippen LogP contribution is -2.38. The van der Waals surface area contributed by atoms with Crippen molar-refractivity contribution in [3.05, 3.63) is 59.7 Å². The number of nitrogens with zero attached hydrogens (tertiary/aromatic N) is 1. The minimum Gasteiger partial charge on any atom is -0.493 e. The van der Waals surface area contributed by atoms with E-state index in [2.05, 4.69) is 46.8 Å². The van der Waals surface area contributed by atoms with E-state index in [-0.39, 0.29) is 24.0 Å². The normalized spacial score (nSPS) is 11.9. The van der Waals surface area contributed by atoms with Gasteiger partial charge in [-0.15, -0.1) is 24.0 Å². The van der Waals surface area contributed by atoms with E-state index in [9.17, 15) is 0 Å². The lowest BCUT2D eigenvalue weighted by atomic mass is 10.0. The van der Waals surface area contributed by atoms with Gasteiger partial charge in [-0.25, -0.2) is 0 Å². The lowest BCUT2D eigenvalue weighted by Gasteiger charge is -2.17. The Balaban J connectivity index is 0.00000338. The van der Waals surface area contributed by atoms with Gasteiger partial charge in [-0.05, 0) is 29.2 Å². The largest absolute Gasteiger partial charge is 0.493 e. The number of guanidine groups is 1. The molecule has 0 heterocycles. The molecule has 0 fully saturated rings. The van der Waals surface area contributed by atoms with Gasteiger partial charge in [0.05, 0.1) is 14.2 Å². The summed E-state index contributed by atoms with van der Waals surface area (Å²) >= 11 is 0. The molecule has 0 aliphatic rings. The third-order valence-corrected chi connectivity index (χ3v) is 4.08. The van der Waals surface area contributed by atoms with Gasteiger partial charge in [-0.1, -0.05) is 43.3 Å². The fourth-order valence-electron chi connectivity index (χ4n) is 2.55. The second kappa shape index (κ2) is 11.6. The molecule has 2 aromatic carbocycles. The number of hydrogen-bond donors (Lipinski definition) is 2. The topological polar surface area (TPSA) is 54.9 Å². The molecule has 5 nitrogen and oxygen atoms in total. The molecule has 0 aromatic heterocycles. The monoisotopic (exact) mass is 469 g/mol. The maximum Gasteiger partial charge on any atom is 0.191 e. The first kappa shape index (κ1) is 22.1. The van der Waals surface area contributed by atoms with E-state index in [0.717, 1.165) is 29.6 Å². The summed E-state index contributed by atoms with van der Waals surface area (Å²) in [6.45, 7) is 3.67. The van der Waals surface area contributed by atoms with Gasteiger partial charge < -0.3 is 20.1 Å². The summed E-state index contributed by atoms with van der Waals surface area (Å²) in [5, 5.41) is 6.70. The van der Waals surface area contributed by atoms with Gasteiger partial charge in [0.2, 0.25) is 0 Å². The Morgan fingerprint density at radius 3 is 2.31 bits per heavy atom. The van der Waals surface area contributed by atoms with Crippen LogP contribution in [0.2, 0.25) is 0 Å². The fourth-order valence-corrected chi connectivity index (χ4v) is 2.55. The Morgan fingerprint density at radius 2 is 1.69 bits per heavy atom. The third kappa shape index (κ3) is 6.40. The van der Waals surface area contributed by atoms with Crippen molar-refractivity contribution in [3.8, 4) is 11.5 Å². The molecule has 0 bridgehead atoms. The summed E-state index contributed by atoms with van der Waals surface area (Å²) in [6, 6.07) is 16.3. The van der Waals surface area contributed by atoms with E-state index in [1.54, 1.807) is 21.3 Å². The molecule has 1 unspecified atom stereocenters. The van der Waals surface area contributed by atoms with Crippen molar-refractivity contribution >= 4 is 29.9 Å². The number of methoxy groups -OCH3 is 2. The predicted molar refractivity (Wildman–Crippen MR) is 118 cm³/mol. The molecule has 0 amide bonds. The van der Waals surface area contributed by atoms with E-state index < -0.39 is 0 Å². The van der Waals surface area contributed by atoms with Crippen LogP contribution in [0.4, 0.5) is 0 Å². The Kier molecular flexibility index (Phi) is 9.87. The molecule has 6 heteroatoms. The Labute approximate surface area is 173 Å². The molecule has 0 radical (unpaired) electrons. The summed E-state index contributed by atoms with van der Waals surface area (Å²) in [5.74, 6) is 2.63. The van der Waals surface area contributed by atoms with Crippen LogP contribution in [0.5, 0.6) is 11.5 Å². The molecule has 0 aliphatic carbocycles. The zero-order valence-corrected chi connectivity index (χ0v) is 18.1.